The molecule has 0 aromatic rings. The fraction of sp³-hybridized carbons (Fsp3) is 1.00. The highest BCUT2D eigenvalue weighted by Gasteiger charge is 2.41. The van der Waals surface area contributed by atoms with Gasteiger partial charge in [0.1, 0.15) is 0 Å². The topological polar surface area (TPSA) is 21.3 Å². The lowest BCUT2D eigenvalue weighted by Gasteiger charge is -2.49. The van der Waals surface area contributed by atoms with Crippen LogP contribution in [0.3, 0.4) is 0 Å². The van der Waals surface area contributed by atoms with E-state index < -0.39 is 0 Å². The van der Waals surface area contributed by atoms with Crippen LogP contribution in [0.4, 0.5) is 0 Å². The Hall–Kier alpha value is -0.0800. The molecular weight excluding hydrogens is 258 g/mol. The minimum atomic E-state index is 0.220. The summed E-state index contributed by atoms with van der Waals surface area (Å²) in [5, 5.41) is 3.72. The van der Waals surface area contributed by atoms with Crippen LogP contribution in [0.5, 0.6) is 0 Å². The summed E-state index contributed by atoms with van der Waals surface area (Å²) in [5.41, 5.74) is 0.441. The lowest BCUT2D eigenvalue weighted by Crippen LogP contribution is -2.59. The average Bonchev–Trinajstić information content (AvgIpc) is 2.25. The molecule has 0 aliphatic carbocycles. The van der Waals surface area contributed by atoms with E-state index in [1.54, 1.807) is 0 Å². The van der Waals surface area contributed by atoms with Gasteiger partial charge in [-0.1, -0.05) is 41.0 Å². The summed E-state index contributed by atoms with van der Waals surface area (Å²) < 4.78 is 5.71. The van der Waals surface area contributed by atoms with Crippen LogP contribution in [0.1, 0.15) is 81.6 Å². The average molecular weight is 300 g/mol. The summed E-state index contributed by atoms with van der Waals surface area (Å²) in [5.74, 6) is 2.14. The Morgan fingerprint density at radius 1 is 1.00 bits per heavy atom. The maximum Gasteiger partial charge on any atom is 0.0623 e. The van der Waals surface area contributed by atoms with Gasteiger partial charge in [0, 0.05) is 18.2 Å². The smallest absolute Gasteiger partial charge is 0.0623 e. The summed E-state index contributed by atoms with van der Waals surface area (Å²) in [4.78, 5) is 0. The molecule has 1 saturated heterocycles. The molecule has 2 heteroatoms. The second kappa shape index (κ2) is 8.53. The molecule has 1 aliphatic heterocycles. The first-order chi connectivity index (χ1) is 9.44. The van der Waals surface area contributed by atoms with Gasteiger partial charge in [-0.3, -0.25) is 0 Å². The van der Waals surface area contributed by atoms with Gasteiger partial charge < -0.3 is 10.1 Å². The molecule has 0 saturated carbocycles. The number of ether oxygens (including phenoxy) is 1. The molecular formula is C19H41NO. The van der Waals surface area contributed by atoms with Crippen LogP contribution in [-0.2, 0) is 4.74 Å². The molecule has 0 radical (unpaired) electrons. The first-order valence-corrected chi connectivity index (χ1v) is 8.76. The highest BCUT2D eigenvalue weighted by molar-refractivity contribution is 4.99. The second-order valence-corrected chi connectivity index (χ2v) is 8.81. The number of hydrogen-bond donors (Lipinski definition) is 1. The number of rotatable bonds is 4. The van der Waals surface area contributed by atoms with Gasteiger partial charge in [0.2, 0.25) is 0 Å². The highest BCUT2D eigenvalue weighted by atomic mass is 16.5. The van der Waals surface area contributed by atoms with Crippen LogP contribution in [0.15, 0.2) is 0 Å². The maximum atomic E-state index is 5.71. The SMILES string of the molecule is CCC(C)C.COC(C(C)C)C1CC(C)(C)NC(C)(C)C1. The summed E-state index contributed by atoms with van der Waals surface area (Å²) in [6, 6.07) is 0. The number of nitrogens with one attached hydrogen (secondary N) is 1. The van der Waals surface area contributed by atoms with Crippen molar-refractivity contribution in [2.75, 3.05) is 7.11 Å². The van der Waals surface area contributed by atoms with Crippen LogP contribution in [0.25, 0.3) is 0 Å². The Balaban J connectivity index is 0.000000690. The Morgan fingerprint density at radius 2 is 1.38 bits per heavy atom. The minimum absolute atomic E-state index is 0.220. The van der Waals surface area contributed by atoms with Gasteiger partial charge in [0.05, 0.1) is 6.10 Å². The Bertz CT molecular complexity index is 265. The van der Waals surface area contributed by atoms with Crippen molar-refractivity contribution in [1.29, 1.82) is 0 Å². The third-order valence-electron chi connectivity index (χ3n) is 4.43. The van der Waals surface area contributed by atoms with Gasteiger partial charge in [-0.25, -0.2) is 0 Å². The van der Waals surface area contributed by atoms with Crippen LogP contribution >= 0.6 is 0 Å². The summed E-state index contributed by atoms with van der Waals surface area (Å²) in [7, 11) is 1.85. The molecule has 21 heavy (non-hydrogen) atoms. The van der Waals surface area contributed by atoms with E-state index in [1.807, 2.05) is 7.11 Å². The van der Waals surface area contributed by atoms with Gasteiger partial charge in [-0.15, -0.1) is 0 Å². The van der Waals surface area contributed by atoms with Gasteiger partial charge in [0.15, 0.2) is 0 Å². The number of piperidine rings is 1. The van der Waals surface area contributed by atoms with E-state index in [1.165, 1.54) is 19.3 Å². The molecule has 0 spiro atoms. The lowest BCUT2D eigenvalue weighted by molar-refractivity contribution is -0.0267. The number of hydrogen-bond acceptors (Lipinski definition) is 2. The van der Waals surface area contributed by atoms with Crippen molar-refractivity contribution in [3.8, 4) is 0 Å². The van der Waals surface area contributed by atoms with Gasteiger partial charge >= 0.3 is 0 Å². The third-order valence-corrected chi connectivity index (χ3v) is 4.43. The Kier molecular flexibility index (Phi) is 8.49. The summed E-state index contributed by atoms with van der Waals surface area (Å²) in [6.07, 6.45) is 4.10. The molecule has 0 aromatic carbocycles. The van der Waals surface area contributed by atoms with Crippen molar-refractivity contribution in [2.45, 2.75) is 98.8 Å². The molecule has 1 fully saturated rings. The van der Waals surface area contributed by atoms with Crippen molar-refractivity contribution < 1.29 is 4.74 Å². The van der Waals surface area contributed by atoms with E-state index >= 15 is 0 Å². The molecule has 0 amide bonds. The zero-order chi connectivity index (χ0) is 16.8. The quantitative estimate of drug-likeness (QED) is 0.764. The molecule has 0 aromatic heterocycles. The Labute approximate surface area is 134 Å². The van der Waals surface area contributed by atoms with E-state index in [4.69, 9.17) is 4.74 Å². The molecule has 1 rings (SSSR count). The van der Waals surface area contributed by atoms with Crippen LogP contribution in [0, 0.1) is 17.8 Å². The second-order valence-electron chi connectivity index (χ2n) is 8.81. The fourth-order valence-corrected chi connectivity index (χ4v) is 3.64. The summed E-state index contributed by atoms with van der Waals surface area (Å²) in [6.45, 7) is 20.4. The molecule has 1 N–H and O–H groups in total. The van der Waals surface area contributed by atoms with E-state index in [2.05, 4.69) is 67.6 Å². The Morgan fingerprint density at radius 3 is 1.62 bits per heavy atom. The van der Waals surface area contributed by atoms with Crippen molar-refractivity contribution >= 4 is 0 Å². The zero-order valence-corrected chi connectivity index (χ0v) is 16.3. The monoisotopic (exact) mass is 299 g/mol. The van der Waals surface area contributed by atoms with Crippen LogP contribution < -0.4 is 5.32 Å². The minimum Gasteiger partial charge on any atom is -0.381 e. The van der Waals surface area contributed by atoms with Crippen LogP contribution in [-0.4, -0.2) is 24.3 Å². The normalized spacial score (nSPS) is 22.9. The van der Waals surface area contributed by atoms with Crippen LogP contribution in [0.2, 0.25) is 0 Å². The van der Waals surface area contributed by atoms with Crippen molar-refractivity contribution in [1.82, 2.24) is 5.32 Å². The van der Waals surface area contributed by atoms with Crippen molar-refractivity contribution in [3.05, 3.63) is 0 Å². The van der Waals surface area contributed by atoms with Gasteiger partial charge in [-0.05, 0) is 58.3 Å². The van der Waals surface area contributed by atoms with Crippen molar-refractivity contribution in [3.63, 3.8) is 0 Å². The number of methoxy groups -OCH3 is 1. The maximum absolute atomic E-state index is 5.71. The zero-order valence-electron chi connectivity index (χ0n) is 16.3. The molecule has 1 heterocycles. The predicted octanol–water partition coefficient (Wildman–Crippen LogP) is 5.27. The summed E-state index contributed by atoms with van der Waals surface area (Å²) >= 11 is 0. The largest absolute Gasteiger partial charge is 0.381 e. The van der Waals surface area contributed by atoms with E-state index in [0.717, 1.165) is 5.92 Å². The molecule has 1 unspecified atom stereocenters. The molecule has 1 aliphatic rings. The third kappa shape index (κ3) is 8.21. The molecule has 2 nitrogen and oxygen atoms in total. The molecule has 1 atom stereocenters. The fourth-order valence-electron chi connectivity index (χ4n) is 3.64. The molecule has 128 valence electrons. The lowest BCUT2D eigenvalue weighted by atomic mass is 9.72. The van der Waals surface area contributed by atoms with Crippen molar-refractivity contribution in [2.24, 2.45) is 17.8 Å². The van der Waals surface area contributed by atoms with E-state index in [0.29, 0.717) is 17.9 Å². The van der Waals surface area contributed by atoms with Gasteiger partial charge in [-0.2, -0.15) is 0 Å². The van der Waals surface area contributed by atoms with E-state index in [-0.39, 0.29) is 11.1 Å². The first kappa shape index (κ1) is 20.9. The van der Waals surface area contributed by atoms with E-state index in [9.17, 15) is 0 Å². The highest BCUT2D eigenvalue weighted by Crippen LogP contribution is 2.37. The molecule has 0 bridgehead atoms. The van der Waals surface area contributed by atoms with Gasteiger partial charge in [0.25, 0.3) is 0 Å². The standard InChI is InChI=1S/C14H29NO.C5H12/c1-10(2)12(16-7)11-8-13(3,4)15-14(5,6)9-11;1-4-5(2)3/h10-12,15H,8-9H2,1-7H3;5H,4H2,1-3H3. The predicted molar refractivity (Wildman–Crippen MR) is 94.8 cm³/mol. The first-order valence-electron chi connectivity index (χ1n) is 8.76.